The Bertz CT molecular complexity index is 900. The summed E-state index contributed by atoms with van der Waals surface area (Å²) in [5, 5.41) is 3.98. The van der Waals surface area contributed by atoms with Crippen molar-refractivity contribution in [1.29, 1.82) is 0 Å². The summed E-state index contributed by atoms with van der Waals surface area (Å²) in [6.07, 6.45) is 5.01. The predicted molar refractivity (Wildman–Crippen MR) is 95.5 cm³/mol. The van der Waals surface area contributed by atoms with Crippen LogP contribution in [0.5, 0.6) is 5.75 Å². The summed E-state index contributed by atoms with van der Waals surface area (Å²) in [6, 6.07) is 6.06. The number of rotatable bonds is 3. The number of hydrogen-bond donors (Lipinski definition) is 0. The van der Waals surface area contributed by atoms with Gasteiger partial charge in [-0.2, -0.15) is 9.40 Å². The van der Waals surface area contributed by atoms with Gasteiger partial charge in [-0.1, -0.05) is 12.1 Å². The van der Waals surface area contributed by atoms with Crippen molar-refractivity contribution in [2.75, 3.05) is 26.8 Å². The van der Waals surface area contributed by atoms with Crippen LogP contribution in [0.1, 0.15) is 24.0 Å². The van der Waals surface area contributed by atoms with E-state index >= 15 is 0 Å². The van der Waals surface area contributed by atoms with Gasteiger partial charge in [0.05, 0.1) is 25.5 Å². The molecule has 0 bridgehead atoms. The minimum atomic E-state index is -3.53. The number of sulfonamides is 1. The molecule has 1 spiro atoms. The van der Waals surface area contributed by atoms with Crippen molar-refractivity contribution in [1.82, 2.24) is 14.1 Å². The number of piperidine rings is 1. The fourth-order valence-electron chi connectivity index (χ4n) is 4.06. The molecular weight excluding hydrogens is 354 g/mol. The van der Waals surface area contributed by atoms with Crippen molar-refractivity contribution in [2.24, 2.45) is 7.05 Å². The zero-order valence-corrected chi connectivity index (χ0v) is 15.8. The average Bonchev–Trinajstić information content (AvgIpc) is 3.09. The smallest absolute Gasteiger partial charge is 0.246 e. The van der Waals surface area contributed by atoms with Crippen LogP contribution in [-0.4, -0.2) is 49.3 Å². The summed E-state index contributed by atoms with van der Waals surface area (Å²) in [4.78, 5) is 0.235. The molecule has 8 heteroatoms. The highest BCUT2D eigenvalue weighted by Gasteiger charge is 2.45. The molecule has 26 heavy (non-hydrogen) atoms. The highest BCUT2D eigenvalue weighted by atomic mass is 32.2. The van der Waals surface area contributed by atoms with E-state index in [0.29, 0.717) is 32.5 Å². The van der Waals surface area contributed by atoms with Gasteiger partial charge in [-0.3, -0.25) is 4.68 Å². The van der Waals surface area contributed by atoms with Gasteiger partial charge in [0, 0.05) is 31.9 Å². The van der Waals surface area contributed by atoms with E-state index in [4.69, 9.17) is 9.47 Å². The average molecular weight is 377 g/mol. The lowest BCUT2D eigenvalue weighted by Gasteiger charge is -2.45. The Morgan fingerprint density at radius 3 is 2.69 bits per heavy atom. The first-order valence-corrected chi connectivity index (χ1v) is 10.2. The molecule has 1 aromatic carbocycles. The third kappa shape index (κ3) is 2.72. The molecule has 2 aliphatic heterocycles. The quantitative estimate of drug-likeness (QED) is 0.814. The van der Waals surface area contributed by atoms with Crippen molar-refractivity contribution < 1.29 is 17.9 Å². The normalized spacial score (nSPS) is 20.1. The number of methoxy groups -OCH3 is 1. The van der Waals surface area contributed by atoms with Crippen LogP contribution in [0.25, 0.3) is 0 Å². The number of fused-ring (bicyclic) bond motifs is 2. The second-order valence-corrected chi connectivity index (χ2v) is 8.78. The van der Waals surface area contributed by atoms with Gasteiger partial charge in [-0.05, 0) is 30.9 Å². The predicted octanol–water partition coefficient (Wildman–Crippen LogP) is 1.68. The minimum absolute atomic E-state index is 0.235. The molecule has 0 aliphatic carbocycles. The van der Waals surface area contributed by atoms with Crippen molar-refractivity contribution in [3.63, 3.8) is 0 Å². The van der Waals surface area contributed by atoms with Gasteiger partial charge in [0.15, 0.2) is 0 Å². The molecule has 1 fully saturated rings. The second kappa shape index (κ2) is 6.37. The van der Waals surface area contributed by atoms with E-state index in [1.54, 1.807) is 14.2 Å². The van der Waals surface area contributed by atoms with Crippen molar-refractivity contribution in [3.8, 4) is 5.75 Å². The summed E-state index contributed by atoms with van der Waals surface area (Å²) in [6.45, 7) is 1.47. The van der Waals surface area contributed by atoms with E-state index in [-0.39, 0.29) is 4.90 Å². The third-order valence-corrected chi connectivity index (χ3v) is 7.24. The fraction of sp³-hybridized carbons (Fsp3) is 0.500. The minimum Gasteiger partial charge on any atom is -0.496 e. The molecule has 4 rings (SSSR count). The summed E-state index contributed by atoms with van der Waals surface area (Å²) in [5.41, 5.74) is 1.85. The Labute approximate surface area is 153 Å². The van der Waals surface area contributed by atoms with Gasteiger partial charge in [-0.25, -0.2) is 8.42 Å². The molecular formula is C18H23N3O4S. The molecule has 3 heterocycles. The van der Waals surface area contributed by atoms with Crippen LogP contribution in [0, 0.1) is 0 Å². The van der Waals surface area contributed by atoms with Gasteiger partial charge in [0.25, 0.3) is 0 Å². The van der Waals surface area contributed by atoms with Gasteiger partial charge < -0.3 is 9.47 Å². The lowest BCUT2D eigenvalue weighted by Crippen LogP contribution is -2.48. The van der Waals surface area contributed by atoms with E-state index in [0.717, 1.165) is 17.7 Å². The topological polar surface area (TPSA) is 73.7 Å². The number of hydrogen-bond acceptors (Lipinski definition) is 5. The third-order valence-electron chi connectivity index (χ3n) is 5.39. The molecule has 0 N–H and O–H groups in total. The van der Waals surface area contributed by atoms with Gasteiger partial charge in [0.1, 0.15) is 10.6 Å². The molecule has 1 aromatic heterocycles. The van der Waals surface area contributed by atoms with Crippen molar-refractivity contribution in [2.45, 2.75) is 29.8 Å². The lowest BCUT2D eigenvalue weighted by molar-refractivity contribution is -0.0904. The van der Waals surface area contributed by atoms with Gasteiger partial charge in [0.2, 0.25) is 10.0 Å². The number of aromatic nitrogens is 2. The van der Waals surface area contributed by atoms with Crippen LogP contribution in [0.3, 0.4) is 0 Å². The molecule has 0 radical (unpaired) electrons. The second-order valence-electron chi connectivity index (χ2n) is 6.84. The van der Waals surface area contributed by atoms with Crippen LogP contribution in [0.4, 0.5) is 0 Å². The maximum atomic E-state index is 12.8. The molecule has 1 saturated heterocycles. The number of benzene rings is 1. The molecule has 0 unspecified atom stereocenters. The summed E-state index contributed by atoms with van der Waals surface area (Å²) in [5.74, 6) is 0.825. The molecule has 0 amide bonds. The van der Waals surface area contributed by atoms with Crippen LogP contribution in [0.15, 0.2) is 35.5 Å². The first-order chi connectivity index (χ1) is 12.5. The Kier molecular flexibility index (Phi) is 4.29. The van der Waals surface area contributed by atoms with Crippen LogP contribution in [-0.2, 0) is 33.8 Å². The maximum absolute atomic E-state index is 12.8. The van der Waals surface area contributed by atoms with E-state index < -0.39 is 15.6 Å². The fourth-order valence-corrected chi connectivity index (χ4v) is 5.49. The molecule has 140 valence electrons. The standard InChI is InChI=1S/C18H23N3O4S/c1-20-13-15(12-19-20)26(22,23)21-9-7-18(8-10-21)17-14(6-11-25-18)4-3-5-16(17)24-2/h3-5,12-13H,6-11H2,1-2H3. The molecule has 2 aromatic rings. The largest absolute Gasteiger partial charge is 0.496 e. The maximum Gasteiger partial charge on any atom is 0.246 e. The Hall–Kier alpha value is -1.90. The van der Waals surface area contributed by atoms with Crippen molar-refractivity contribution in [3.05, 3.63) is 41.7 Å². The van der Waals surface area contributed by atoms with E-state index in [2.05, 4.69) is 11.2 Å². The van der Waals surface area contributed by atoms with Crippen LogP contribution < -0.4 is 4.74 Å². The zero-order chi connectivity index (χ0) is 18.4. The highest BCUT2D eigenvalue weighted by Crippen LogP contribution is 2.46. The Morgan fingerprint density at radius 1 is 1.27 bits per heavy atom. The van der Waals surface area contributed by atoms with E-state index in [9.17, 15) is 8.42 Å². The molecule has 0 atom stereocenters. The monoisotopic (exact) mass is 377 g/mol. The Balaban J connectivity index is 1.62. The summed E-state index contributed by atoms with van der Waals surface area (Å²) < 4.78 is 40.5. The van der Waals surface area contributed by atoms with Crippen LogP contribution in [0.2, 0.25) is 0 Å². The van der Waals surface area contributed by atoms with Gasteiger partial charge >= 0.3 is 0 Å². The molecule has 7 nitrogen and oxygen atoms in total. The van der Waals surface area contributed by atoms with Gasteiger partial charge in [-0.15, -0.1) is 0 Å². The SMILES string of the molecule is COc1cccc2c1C1(CCN(S(=O)(=O)c3cnn(C)c3)CC1)OCC2. The van der Waals surface area contributed by atoms with E-state index in [1.807, 2.05) is 12.1 Å². The number of nitrogens with zero attached hydrogens (tertiary/aromatic N) is 3. The van der Waals surface area contributed by atoms with E-state index in [1.165, 1.54) is 26.9 Å². The zero-order valence-electron chi connectivity index (χ0n) is 15.0. The Morgan fingerprint density at radius 2 is 2.04 bits per heavy atom. The highest BCUT2D eigenvalue weighted by molar-refractivity contribution is 7.89. The molecule has 0 saturated carbocycles. The first kappa shape index (κ1) is 17.5. The van der Waals surface area contributed by atoms with Crippen LogP contribution >= 0.6 is 0 Å². The number of aryl methyl sites for hydroxylation is 1. The van der Waals surface area contributed by atoms with Crippen molar-refractivity contribution >= 4 is 10.0 Å². The number of ether oxygens (including phenoxy) is 2. The first-order valence-electron chi connectivity index (χ1n) is 8.75. The summed E-state index contributed by atoms with van der Waals surface area (Å²) >= 11 is 0. The molecule has 2 aliphatic rings. The summed E-state index contributed by atoms with van der Waals surface area (Å²) in [7, 11) is -0.148. The lowest BCUT2D eigenvalue weighted by atomic mass is 9.79.